The molecule has 3 fully saturated rings. The van der Waals surface area contributed by atoms with E-state index in [9.17, 15) is 22.8 Å². The number of carbonyl (C=O) groups excluding carboxylic acids is 2. The third kappa shape index (κ3) is 6.94. The van der Waals surface area contributed by atoms with Gasteiger partial charge < -0.3 is 19.7 Å². The molecule has 1 amide bonds. The summed E-state index contributed by atoms with van der Waals surface area (Å²) in [6.07, 6.45) is 2.29. The summed E-state index contributed by atoms with van der Waals surface area (Å²) < 4.78 is 50.8. The lowest BCUT2D eigenvalue weighted by atomic mass is 9.57. The largest absolute Gasteiger partial charge is 0.497 e. The second-order valence-electron chi connectivity index (χ2n) is 11.7. The Kier molecular flexibility index (Phi) is 8.45. The van der Waals surface area contributed by atoms with E-state index >= 15 is 0 Å². The van der Waals surface area contributed by atoms with Crippen LogP contribution in [0.5, 0.6) is 5.75 Å². The van der Waals surface area contributed by atoms with Gasteiger partial charge in [-0.05, 0) is 79.6 Å². The highest BCUT2D eigenvalue weighted by Crippen LogP contribution is 2.51. The first kappa shape index (κ1) is 29.2. The maximum Gasteiger partial charge on any atom is 0.416 e. The van der Waals surface area contributed by atoms with Crippen LogP contribution in [0.2, 0.25) is 0 Å². The number of hydrogen-bond acceptors (Lipinski definition) is 5. The monoisotopic (exact) mass is 570 g/mol. The van der Waals surface area contributed by atoms with Gasteiger partial charge in [-0.1, -0.05) is 24.3 Å². The normalized spacial score (nSPS) is 26.8. The van der Waals surface area contributed by atoms with Gasteiger partial charge >= 0.3 is 12.1 Å². The third-order valence-corrected chi connectivity index (χ3v) is 8.78. The van der Waals surface area contributed by atoms with Crippen LogP contribution in [0.15, 0.2) is 54.6 Å². The zero-order valence-electron chi connectivity index (χ0n) is 23.5. The zero-order valence-corrected chi connectivity index (χ0v) is 23.5. The molecule has 3 aliphatic rings. The van der Waals surface area contributed by atoms with Gasteiger partial charge in [0.15, 0.2) is 0 Å². The molecule has 2 aromatic rings. The molecule has 1 heterocycles. The van der Waals surface area contributed by atoms with Gasteiger partial charge in [0.25, 0.3) is 0 Å². The van der Waals surface area contributed by atoms with E-state index in [-0.39, 0.29) is 28.9 Å². The third-order valence-electron chi connectivity index (χ3n) is 8.78. The number of piperidine rings is 1. The topological polar surface area (TPSA) is 67.9 Å². The Balaban J connectivity index is 1.40. The van der Waals surface area contributed by atoms with Crippen LogP contribution in [-0.4, -0.2) is 55.7 Å². The number of nitrogens with zero attached hydrogens (tertiary/aromatic N) is 1. The smallest absolute Gasteiger partial charge is 0.416 e. The molecule has 6 nitrogen and oxygen atoms in total. The van der Waals surface area contributed by atoms with Crippen molar-refractivity contribution in [3.05, 3.63) is 71.3 Å². The molecular formula is C32H37F3N2O4. The fourth-order valence-electron chi connectivity index (χ4n) is 6.72. The molecule has 2 aromatic carbocycles. The molecule has 9 heteroatoms. The molecule has 0 aromatic heterocycles. The first-order valence-corrected chi connectivity index (χ1v) is 14.3. The van der Waals surface area contributed by atoms with E-state index < -0.39 is 23.8 Å². The fraction of sp³-hybridized carbons (Fsp3) is 0.500. The lowest BCUT2D eigenvalue weighted by molar-refractivity contribution is -0.157. The Labute approximate surface area is 238 Å². The standard InChI is InChI=1S/C32H37F3N2O4/c1-21(38)41-29-17-26(36-30(39)12-11-22-5-3-7-25(15-22)32(33,34)35)18-31(24-6-4-8-27(16-24)40-2)13-14-37(20-28(29)31)19-23-9-10-23/h3-8,11-12,15-16,23,26,28-29H,9-10,13-14,17-20H2,1-2H3,(H,36,39). The van der Waals surface area contributed by atoms with Crippen molar-refractivity contribution in [2.75, 3.05) is 26.7 Å². The van der Waals surface area contributed by atoms with Crippen molar-refractivity contribution in [3.63, 3.8) is 0 Å². The predicted molar refractivity (Wildman–Crippen MR) is 149 cm³/mol. The lowest BCUT2D eigenvalue weighted by Gasteiger charge is -2.55. The van der Waals surface area contributed by atoms with Crippen molar-refractivity contribution in [2.24, 2.45) is 11.8 Å². The maximum absolute atomic E-state index is 13.1. The van der Waals surface area contributed by atoms with Crippen LogP contribution in [0.25, 0.3) is 6.08 Å². The van der Waals surface area contributed by atoms with E-state index in [1.54, 1.807) is 7.11 Å². The summed E-state index contributed by atoms with van der Waals surface area (Å²) in [7, 11) is 1.63. The molecule has 41 heavy (non-hydrogen) atoms. The van der Waals surface area contributed by atoms with E-state index in [1.165, 1.54) is 44.1 Å². The number of ether oxygens (including phenoxy) is 2. The van der Waals surface area contributed by atoms with Gasteiger partial charge in [-0.3, -0.25) is 9.59 Å². The molecule has 1 saturated heterocycles. The molecule has 220 valence electrons. The summed E-state index contributed by atoms with van der Waals surface area (Å²) in [4.78, 5) is 27.8. The number of methoxy groups -OCH3 is 1. The van der Waals surface area contributed by atoms with Crippen LogP contribution in [0.1, 0.15) is 55.7 Å². The van der Waals surface area contributed by atoms with Crippen molar-refractivity contribution in [3.8, 4) is 5.75 Å². The average molecular weight is 571 g/mol. The number of likely N-dealkylation sites (tertiary alicyclic amines) is 1. The van der Waals surface area contributed by atoms with Gasteiger partial charge in [-0.2, -0.15) is 13.2 Å². The maximum atomic E-state index is 13.1. The van der Waals surface area contributed by atoms with E-state index in [1.807, 2.05) is 18.2 Å². The van der Waals surface area contributed by atoms with Gasteiger partial charge in [0.2, 0.25) is 5.91 Å². The van der Waals surface area contributed by atoms with E-state index in [0.717, 1.165) is 55.4 Å². The number of rotatable bonds is 8. The molecule has 2 aliphatic carbocycles. The molecule has 4 unspecified atom stereocenters. The highest BCUT2D eigenvalue weighted by Gasteiger charge is 2.54. The molecule has 5 rings (SSSR count). The summed E-state index contributed by atoms with van der Waals surface area (Å²) in [6, 6.07) is 12.6. The summed E-state index contributed by atoms with van der Waals surface area (Å²) in [5.41, 5.74) is 0.266. The molecule has 1 aliphatic heterocycles. The average Bonchev–Trinajstić information content (AvgIpc) is 3.76. The Bertz CT molecular complexity index is 1290. The Hall–Kier alpha value is -3.33. The quantitative estimate of drug-likeness (QED) is 0.330. The zero-order chi connectivity index (χ0) is 29.2. The summed E-state index contributed by atoms with van der Waals surface area (Å²) >= 11 is 0. The van der Waals surface area contributed by atoms with Crippen molar-refractivity contribution < 1.29 is 32.2 Å². The van der Waals surface area contributed by atoms with Gasteiger partial charge in [0.1, 0.15) is 11.9 Å². The molecular weight excluding hydrogens is 533 g/mol. The number of esters is 1. The van der Waals surface area contributed by atoms with Gasteiger partial charge in [-0.25, -0.2) is 0 Å². The van der Waals surface area contributed by atoms with Crippen LogP contribution in [0.3, 0.4) is 0 Å². The second-order valence-corrected chi connectivity index (χ2v) is 11.7. The van der Waals surface area contributed by atoms with E-state index in [0.29, 0.717) is 12.8 Å². The van der Waals surface area contributed by atoms with Gasteiger partial charge in [-0.15, -0.1) is 0 Å². The predicted octanol–water partition coefficient (Wildman–Crippen LogP) is 5.61. The van der Waals surface area contributed by atoms with Crippen LogP contribution in [-0.2, 0) is 25.9 Å². The second kappa shape index (κ2) is 11.9. The molecule has 0 radical (unpaired) electrons. The van der Waals surface area contributed by atoms with Crippen molar-refractivity contribution in [2.45, 2.75) is 62.8 Å². The number of benzene rings is 2. The summed E-state index contributed by atoms with van der Waals surface area (Å²) in [5, 5.41) is 3.06. The Morgan fingerprint density at radius 1 is 1.15 bits per heavy atom. The molecule has 0 spiro atoms. The Morgan fingerprint density at radius 3 is 2.63 bits per heavy atom. The number of halogens is 3. The molecule has 0 bridgehead atoms. The summed E-state index contributed by atoms with van der Waals surface area (Å²) in [6.45, 7) is 4.19. The van der Waals surface area contributed by atoms with Crippen LogP contribution < -0.4 is 10.1 Å². The minimum absolute atomic E-state index is 0.0415. The number of nitrogens with one attached hydrogen (secondary N) is 1. The highest BCUT2D eigenvalue weighted by molar-refractivity contribution is 5.92. The number of hydrogen-bond donors (Lipinski definition) is 1. The highest BCUT2D eigenvalue weighted by atomic mass is 19.4. The van der Waals surface area contributed by atoms with Crippen LogP contribution in [0, 0.1) is 11.8 Å². The number of amides is 1. The van der Waals surface area contributed by atoms with Gasteiger partial charge in [0, 0.05) is 49.9 Å². The first-order valence-electron chi connectivity index (χ1n) is 14.3. The van der Waals surface area contributed by atoms with E-state index in [4.69, 9.17) is 9.47 Å². The van der Waals surface area contributed by atoms with Crippen LogP contribution in [0.4, 0.5) is 13.2 Å². The lowest BCUT2D eigenvalue weighted by Crippen LogP contribution is -2.61. The van der Waals surface area contributed by atoms with Crippen LogP contribution >= 0.6 is 0 Å². The van der Waals surface area contributed by atoms with Crippen molar-refractivity contribution in [1.29, 1.82) is 0 Å². The molecule has 4 atom stereocenters. The van der Waals surface area contributed by atoms with Crippen molar-refractivity contribution >= 4 is 18.0 Å². The first-order chi connectivity index (χ1) is 19.6. The molecule has 1 N–H and O–H groups in total. The SMILES string of the molecule is COc1cccc(C23CCN(CC4CC4)CC2C(OC(C)=O)CC(NC(=O)C=Cc2cccc(C(F)(F)F)c2)C3)c1. The Morgan fingerprint density at radius 2 is 1.93 bits per heavy atom. The number of carbonyl (C=O) groups is 2. The van der Waals surface area contributed by atoms with Crippen molar-refractivity contribution in [1.82, 2.24) is 10.2 Å². The van der Waals surface area contributed by atoms with E-state index in [2.05, 4.69) is 16.3 Å². The molecule has 2 saturated carbocycles. The fourth-order valence-corrected chi connectivity index (χ4v) is 6.72. The minimum Gasteiger partial charge on any atom is -0.497 e. The summed E-state index contributed by atoms with van der Waals surface area (Å²) in [5.74, 6) is 0.769. The number of fused-ring (bicyclic) bond motifs is 1. The number of alkyl halides is 3. The minimum atomic E-state index is -4.46. The van der Waals surface area contributed by atoms with Gasteiger partial charge in [0.05, 0.1) is 12.7 Å².